The zero-order valence-corrected chi connectivity index (χ0v) is 21.0. The van der Waals surface area contributed by atoms with Crippen molar-refractivity contribution in [2.45, 2.75) is 29.6 Å². The van der Waals surface area contributed by atoms with Crippen molar-refractivity contribution in [3.05, 3.63) is 79.1 Å². The summed E-state index contributed by atoms with van der Waals surface area (Å²) in [5.41, 5.74) is 7.82. The van der Waals surface area contributed by atoms with Gasteiger partial charge < -0.3 is 0 Å². The molecule has 2 heteroatoms. The van der Waals surface area contributed by atoms with Crippen LogP contribution in [0.3, 0.4) is 0 Å². The van der Waals surface area contributed by atoms with E-state index in [0.29, 0.717) is 0 Å². The van der Waals surface area contributed by atoms with Gasteiger partial charge in [0.2, 0.25) is 0 Å². The molecule has 0 saturated carbocycles. The van der Waals surface area contributed by atoms with Crippen LogP contribution in [0, 0.1) is 0 Å². The molecule has 0 aromatic heterocycles. The molecule has 120 valence electrons. The van der Waals surface area contributed by atoms with Crippen LogP contribution in [0.1, 0.15) is 11.1 Å². The fourth-order valence-electron chi connectivity index (χ4n) is 3.15. The van der Waals surface area contributed by atoms with E-state index in [2.05, 4.69) is 96.0 Å². The fourth-order valence-corrected chi connectivity index (χ4v) is 55.5. The van der Waals surface area contributed by atoms with Crippen molar-refractivity contribution in [1.82, 2.24) is 0 Å². The van der Waals surface area contributed by atoms with E-state index in [9.17, 15) is 0 Å². The molecule has 0 radical (unpaired) electrons. The summed E-state index contributed by atoms with van der Waals surface area (Å²) < 4.78 is 1.76. The van der Waals surface area contributed by atoms with E-state index in [1.165, 1.54) is 16.7 Å². The van der Waals surface area contributed by atoms with Crippen LogP contribution < -0.4 is 0 Å². The average molecular weight is 518 g/mol. The van der Waals surface area contributed by atoms with Crippen LogP contribution in [0.4, 0.5) is 0 Å². The summed E-state index contributed by atoms with van der Waals surface area (Å²) in [5, 5.41) is 0. The Bertz CT molecular complexity index is 650. The monoisotopic (exact) mass is 520 g/mol. The Labute approximate surface area is 150 Å². The average Bonchev–Trinajstić information content (AvgIpc) is 2.47. The van der Waals surface area contributed by atoms with E-state index in [-0.39, 0.29) is 0 Å². The predicted molar refractivity (Wildman–Crippen MR) is 109 cm³/mol. The van der Waals surface area contributed by atoms with Crippen LogP contribution in [-0.4, -0.2) is 36.8 Å². The van der Waals surface area contributed by atoms with Crippen molar-refractivity contribution in [1.29, 1.82) is 0 Å². The van der Waals surface area contributed by atoms with Gasteiger partial charge in [0.25, 0.3) is 0 Å². The van der Waals surface area contributed by atoms with E-state index >= 15 is 0 Å². The first kappa shape index (κ1) is 18.9. The Balaban J connectivity index is 2.83. The Kier molecular flexibility index (Phi) is 6.27. The zero-order chi connectivity index (χ0) is 17.1. The minimum atomic E-state index is -2.16. The Morgan fingerprint density at radius 2 is 0.957 bits per heavy atom. The van der Waals surface area contributed by atoms with Crippen LogP contribution in [0.15, 0.2) is 68.0 Å². The van der Waals surface area contributed by atoms with Crippen LogP contribution in [0.2, 0.25) is 29.6 Å². The molecule has 0 aliphatic rings. The summed E-state index contributed by atoms with van der Waals surface area (Å²) in [7, 11) is 0. The van der Waals surface area contributed by atoms with E-state index in [4.69, 9.17) is 0 Å². The minimum absolute atomic E-state index is 1.28. The number of hydrogen-bond acceptors (Lipinski definition) is 0. The molecule has 0 bridgehead atoms. The van der Waals surface area contributed by atoms with E-state index in [0.717, 1.165) is 0 Å². The van der Waals surface area contributed by atoms with Crippen LogP contribution in [0.5, 0.6) is 0 Å². The molecule has 0 fully saturated rings. The summed E-state index contributed by atoms with van der Waals surface area (Å²) in [6, 6.07) is 21.5. The van der Waals surface area contributed by atoms with Gasteiger partial charge >= 0.3 is 151 Å². The molecule has 2 aromatic rings. The molecule has 0 nitrogen and oxygen atoms in total. The summed E-state index contributed by atoms with van der Waals surface area (Å²) >= 11 is -4.32. The molecule has 0 amide bonds. The molecule has 0 unspecified atom stereocenters. The molecule has 0 heterocycles. The molecule has 0 spiro atoms. The molecule has 2 aromatic carbocycles. The molecule has 0 atom stereocenters. The van der Waals surface area contributed by atoms with Gasteiger partial charge in [-0.1, -0.05) is 0 Å². The molecule has 0 aliphatic carbocycles. The third-order valence-corrected chi connectivity index (χ3v) is 41.9. The van der Waals surface area contributed by atoms with Crippen molar-refractivity contribution < 1.29 is 0 Å². The predicted octanol–water partition coefficient (Wildman–Crippen LogP) is 6.40. The van der Waals surface area contributed by atoms with Crippen molar-refractivity contribution in [3.63, 3.8) is 0 Å². The topological polar surface area (TPSA) is 0 Å². The summed E-state index contributed by atoms with van der Waals surface area (Å²) in [5.74, 6) is 0. The van der Waals surface area contributed by atoms with Gasteiger partial charge in [0.15, 0.2) is 0 Å². The molecule has 0 N–H and O–H groups in total. The van der Waals surface area contributed by atoms with Gasteiger partial charge in [-0.15, -0.1) is 0 Å². The third-order valence-electron chi connectivity index (χ3n) is 3.87. The van der Waals surface area contributed by atoms with Crippen LogP contribution >= 0.6 is 0 Å². The van der Waals surface area contributed by atoms with Gasteiger partial charge in [-0.2, -0.15) is 0 Å². The maximum absolute atomic E-state index is 3.99. The van der Waals surface area contributed by atoms with E-state index < -0.39 is 36.8 Å². The molecule has 2 rings (SSSR count). The molecule has 23 heavy (non-hydrogen) atoms. The van der Waals surface area contributed by atoms with Gasteiger partial charge in [0.1, 0.15) is 0 Å². The second-order valence-corrected chi connectivity index (χ2v) is 40.7. The number of benzene rings is 2. The fraction of sp³-hybridized carbons (Fsp3) is 0.286. The van der Waals surface area contributed by atoms with Crippen molar-refractivity contribution in [2.75, 3.05) is 0 Å². The van der Waals surface area contributed by atoms with E-state index in [1.54, 1.807) is 1.60 Å². The first-order valence-corrected chi connectivity index (χ1v) is 28.3. The normalized spacial score (nSPS) is 11.7. The van der Waals surface area contributed by atoms with Crippen LogP contribution in [0.25, 0.3) is 5.57 Å². The second-order valence-electron chi connectivity index (χ2n) is 8.11. The molecule has 0 saturated heterocycles. The zero-order valence-electron chi connectivity index (χ0n) is 15.3. The second kappa shape index (κ2) is 7.63. The Hall–Kier alpha value is -0.443. The first-order chi connectivity index (χ1) is 10.7. The summed E-state index contributed by atoms with van der Waals surface area (Å²) in [4.78, 5) is 15.2. The molecular formula is C21H28Sn2. The van der Waals surface area contributed by atoms with Gasteiger partial charge in [0, 0.05) is 0 Å². The van der Waals surface area contributed by atoms with Crippen molar-refractivity contribution >= 4 is 42.3 Å². The van der Waals surface area contributed by atoms with Crippen LogP contribution in [-0.2, 0) is 0 Å². The van der Waals surface area contributed by atoms with Crippen molar-refractivity contribution in [3.8, 4) is 0 Å². The van der Waals surface area contributed by atoms with Crippen molar-refractivity contribution in [2.24, 2.45) is 0 Å². The number of hydrogen-bond donors (Lipinski definition) is 0. The van der Waals surface area contributed by atoms with Gasteiger partial charge in [-0.05, 0) is 0 Å². The van der Waals surface area contributed by atoms with Gasteiger partial charge in [-0.25, -0.2) is 0 Å². The first-order valence-electron chi connectivity index (χ1n) is 8.32. The SMILES string of the molecule is [CH3][Sn]([CH3])([CH3])[C](=C=C(c1ccccc1)c1ccccc1)[Sn]([CH3])([CH3])[CH3]. The van der Waals surface area contributed by atoms with Gasteiger partial charge in [0.05, 0.1) is 0 Å². The van der Waals surface area contributed by atoms with E-state index in [1.807, 2.05) is 0 Å². The summed E-state index contributed by atoms with van der Waals surface area (Å²) in [6.07, 6.45) is 0. The third kappa shape index (κ3) is 5.27. The molecular weight excluding hydrogens is 490 g/mol. The Morgan fingerprint density at radius 3 is 1.26 bits per heavy atom. The molecule has 0 aliphatic heterocycles. The standard InChI is InChI=1S/C15H10.6CH3.2Sn/c1-2-15(13-9-5-3-6-10-13)14-11-7-4-8-12-14;;;;;;;;/h3-12H;6*1H3;;. The summed E-state index contributed by atoms with van der Waals surface area (Å²) in [6.45, 7) is 0. The van der Waals surface area contributed by atoms with Gasteiger partial charge in [-0.3, -0.25) is 0 Å². The maximum atomic E-state index is 3.99. The Morgan fingerprint density at radius 1 is 0.609 bits per heavy atom. The number of rotatable bonds is 4. The quantitative estimate of drug-likeness (QED) is 0.325.